The van der Waals surface area contributed by atoms with Gasteiger partial charge in [-0.1, -0.05) is 0 Å². The van der Waals surface area contributed by atoms with Gasteiger partial charge in [-0.05, 0) is 18.6 Å². The molecule has 24 heavy (non-hydrogen) atoms. The third kappa shape index (κ3) is 3.94. The lowest BCUT2D eigenvalue weighted by atomic mass is 10.1. The van der Waals surface area contributed by atoms with Gasteiger partial charge < -0.3 is 14.2 Å². The van der Waals surface area contributed by atoms with Crippen LogP contribution in [0.3, 0.4) is 0 Å². The number of methoxy groups -OCH3 is 1. The van der Waals surface area contributed by atoms with Gasteiger partial charge in [-0.15, -0.1) is 0 Å². The molecule has 126 valence electrons. The first-order valence-electron chi connectivity index (χ1n) is 8.11. The molecule has 1 aliphatic rings. The van der Waals surface area contributed by atoms with E-state index in [0.29, 0.717) is 23.7 Å². The highest BCUT2D eigenvalue weighted by Crippen LogP contribution is 2.32. The number of morpholine rings is 1. The molecule has 0 atom stereocenters. The highest BCUT2D eigenvalue weighted by molar-refractivity contribution is 5.83. The first-order valence-corrected chi connectivity index (χ1v) is 8.11. The minimum absolute atomic E-state index is 0.531. The van der Waals surface area contributed by atoms with Crippen molar-refractivity contribution in [3.8, 4) is 17.6 Å². The number of rotatable bonds is 6. The van der Waals surface area contributed by atoms with E-state index in [-0.39, 0.29) is 0 Å². The van der Waals surface area contributed by atoms with Crippen molar-refractivity contribution in [2.24, 2.45) is 0 Å². The summed E-state index contributed by atoms with van der Waals surface area (Å²) in [4.78, 5) is 6.69. The van der Waals surface area contributed by atoms with Gasteiger partial charge in [0.1, 0.15) is 6.07 Å². The topological polar surface area (TPSA) is 67.6 Å². The van der Waals surface area contributed by atoms with Crippen molar-refractivity contribution in [1.29, 1.82) is 5.26 Å². The Balaban J connectivity index is 1.63. The van der Waals surface area contributed by atoms with Crippen LogP contribution in [0.1, 0.15) is 12.0 Å². The molecule has 2 aromatic rings. The monoisotopic (exact) mass is 327 g/mol. The number of pyridine rings is 1. The molecule has 1 fully saturated rings. The molecule has 1 aromatic carbocycles. The third-order valence-electron chi connectivity index (χ3n) is 4.08. The molecule has 1 saturated heterocycles. The Kier molecular flexibility index (Phi) is 5.47. The van der Waals surface area contributed by atoms with Gasteiger partial charge in [0, 0.05) is 37.3 Å². The Labute approximate surface area is 141 Å². The molecule has 0 aliphatic carbocycles. The van der Waals surface area contributed by atoms with Gasteiger partial charge in [-0.2, -0.15) is 5.26 Å². The van der Waals surface area contributed by atoms with Gasteiger partial charge in [-0.3, -0.25) is 9.88 Å². The molecule has 0 amide bonds. The molecule has 1 aliphatic heterocycles. The molecule has 0 saturated carbocycles. The lowest BCUT2D eigenvalue weighted by Gasteiger charge is -2.26. The number of nitrogens with zero attached hydrogens (tertiary/aromatic N) is 3. The van der Waals surface area contributed by atoms with E-state index in [4.69, 9.17) is 19.5 Å². The number of hydrogen-bond donors (Lipinski definition) is 0. The number of nitriles is 1. The number of ether oxygens (including phenoxy) is 3. The Bertz CT molecular complexity index is 736. The van der Waals surface area contributed by atoms with Crippen LogP contribution in [-0.4, -0.2) is 56.4 Å². The lowest BCUT2D eigenvalue weighted by Crippen LogP contribution is -2.37. The van der Waals surface area contributed by atoms with Gasteiger partial charge in [0.25, 0.3) is 0 Å². The van der Waals surface area contributed by atoms with Gasteiger partial charge in [0.15, 0.2) is 11.5 Å². The summed E-state index contributed by atoms with van der Waals surface area (Å²) < 4.78 is 16.7. The van der Waals surface area contributed by atoms with E-state index >= 15 is 0 Å². The second-order valence-electron chi connectivity index (χ2n) is 5.69. The van der Waals surface area contributed by atoms with E-state index in [1.54, 1.807) is 19.4 Å². The van der Waals surface area contributed by atoms with E-state index in [1.807, 2.05) is 12.1 Å². The third-order valence-corrected chi connectivity index (χ3v) is 4.08. The van der Waals surface area contributed by atoms with Gasteiger partial charge >= 0.3 is 0 Å². The maximum atomic E-state index is 8.97. The molecule has 0 spiro atoms. The molecule has 0 radical (unpaired) electrons. The standard InChI is InChI=1S/C18H21N3O3/c1-22-17-10-15-9-14(12-19)13-20-16(15)11-18(17)24-6-2-3-21-4-7-23-8-5-21/h9-11,13H,2-8H2,1H3. The number of aromatic nitrogens is 1. The summed E-state index contributed by atoms with van der Waals surface area (Å²) in [6.07, 6.45) is 2.51. The van der Waals surface area contributed by atoms with Crippen molar-refractivity contribution >= 4 is 10.9 Å². The average molecular weight is 327 g/mol. The van der Waals surface area contributed by atoms with E-state index in [0.717, 1.165) is 50.2 Å². The van der Waals surface area contributed by atoms with Gasteiger partial charge in [0.2, 0.25) is 0 Å². The molecule has 6 nitrogen and oxygen atoms in total. The quantitative estimate of drug-likeness (QED) is 0.758. The van der Waals surface area contributed by atoms with Crippen molar-refractivity contribution in [1.82, 2.24) is 9.88 Å². The van der Waals surface area contributed by atoms with Crippen LogP contribution in [0.25, 0.3) is 10.9 Å². The van der Waals surface area contributed by atoms with Crippen LogP contribution in [0.4, 0.5) is 0 Å². The molecule has 0 unspecified atom stereocenters. The number of benzene rings is 1. The molecular formula is C18H21N3O3. The number of hydrogen-bond acceptors (Lipinski definition) is 6. The largest absolute Gasteiger partial charge is 0.493 e. The highest BCUT2D eigenvalue weighted by Gasteiger charge is 2.11. The van der Waals surface area contributed by atoms with Crippen LogP contribution >= 0.6 is 0 Å². The summed E-state index contributed by atoms with van der Waals surface area (Å²) >= 11 is 0. The normalized spacial score (nSPS) is 15.2. The lowest BCUT2D eigenvalue weighted by molar-refractivity contribution is 0.0357. The van der Waals surface area contributed by atoms with Crippen LogP contribution in [0.2, 0.25) is 0 Å². The van der Waals surface area contributed by atoms with E-state index in [1.165, 1.54) is 0 Å². The van der Waals surface area contributed by atoms with Crippen LogP contribution in [0.5, 0.6) is 11.5 Å². The maximum Gasteiger partial charge on any atom is 0.163 e. The van der Waals surface area contributed by atoms with Crippen LogP contribution in [-0.2, 0) is 4.74 Å². The van der Waals surface area contributed by atoms with E-state index < -0.39 is 0 Å². The van der Waals surface area contributed by atoms with Crippen LogP contribution in [0.15, 0.2) is 24.4 Å². The highest BCUT2D eigenvalue weighted by atomic mass is 16.5. The second kappa shape index (κ2) is 7.95. The average Bonchev–Trinajstić information content (AvgIpc) is 2.65. The molecular weight excluding hydrogens is 306 g/mol. The van der Waals surface area contributed by atoms with Gasteiger partial charge in [0.05, 0.1) is 38.0 Å². The summed E-state index contributed by atoms with van der Waals surface area (Å²) in [5.74, 6) is 1.34. The molecule has 1 aromatic heterocycles. The molecule has 6 heteroatoms. The molecule has 0 bridgehead atoms. The predicted molar refractivity (Wildman–Crippen MR) is 90.4 cm³/mol. The molecule has 2 heterocycles. The van der Waals surface area contributed by atoms with Gasteiger partial charge in [-0.25, -0.2) is 0 Å². The fourth-order valence-corrected chi connectivity index (χ4v) is 2.76. The zero-order valence-electron chi connectivity index (χ0n) is 13.8. The van der Waals surface area contributed by atoms with Crippen molar-refractivity contribution in [3.63, 3.8) is 0 Å². The minimum Gasteiger partial charge on any atom is -0.493 e. The molecule has 0 N–H and O–H groups in total. The zero-order chi connectivity index (χ0) is 16.8. The summed E-state index contributed by atoms with van der Waals surface area (Å²) in [6.45, 7) is 5.23. The first kappa shape index (κ1) is 16.5. The fraction of sp³-hybridized carbons (Fsp3) is 0.444. The number of fused-ring (bicyclic) bond motifs is 1. The Morgan fingerprint density at radius 2 is 2.08 bits per heavy atom. The fourth-order valence-electron chi connectivity index (χ4n) is 2.76. The summed E-state index contributed by atoms with van der Waals surface area (Å²) in [5.41, 5.74) is 1.32. The SMILES string of the molecule is COc1cc2cc(C#N)cnc2cc1OCCCN1CCOCC1. The Hall–Kier alpha value is -2.36. The van der Waals surface area contributed by atoms with E-state index in [2.05, 4.69) is 16.0 Å². The Morgan fingerprint density at radius 1 is 1.25 bits per heavy atom. The Morgan fingerprint density at radius 3 is 2.83 bits per heavy atom. The van der Waals surface area contributed by atoms with E-state index in [9.17, 15) is 0 Å². The minimum atomic E-state index is 0.531. The van der Waals surface area contributed by atoms with Crippen LogP contribution in [0, 0.1) is 11.3 Å². The van der Waals surface area contributed by atoms with Crippen molar-refractivity contribution in [3.05, 3.63) is 30.0 Å². The van der Waals surface area contributed by atoms with Crippen LogP contribution < -0.4 is 9.47 Å². The predicted octanol–water partition coefficient (Wildman–Crippen LogP) is 2.22. The molecule has 3 rings (SSSR count). The zero-order valence-corrected chi connectivity index (χ0v) is 13.8. The smallest absolute Gasteiger partial charge is 0.163 e. The summed E-state index contributed by atoms with van der Waals surface area (Å²) in [6, 6.07) is 7.62. The van der Waals surface area contributed by atoms with Crippen molar-refractivity contribution < 1.29 is 14.2 Å². The van der Waals surface area contributed by atoms with Crippen molar-refractivity contribution in [2.45, 2.75) is 6.42 Å². The van der Waals surface area contributed by atoms with Crippen molar-refractivity contribution in [2.75, 3.05) is 46.6 Å². The summed E-state index contributed by atoms with van der Waals surface area (Å²) in [5, 5.41) is 9.84. The summed E-state index contributed by atoms with van der Waals surface area (Å²) in [7, 11) is 1.61. The first-order chi connectivity index (χ1) is 11.8. The maximum absolute atomic E-state index is 8.97. The second-order valence-corrected chi connectivity index (χ2v) is 5.69.